The Bertz CT molecular complexity index is 1290. The van der Waals surface area contributed by atoms with Gasteiger partial charge in [-0.25, -0.2) is 4.98 Å². The molecule has 1 aliphatic carbocycles. The molecule has 5 rings (SSSR count). The van der Waals surface area contributed by atoms with Crippen LogP contribution in [-0.4, -0.2) is 39.2 Å². The molecule has 166 valence electrons. The van der Waals surface area contributed by atoms with E-state index in [1.165, 1.54) is 23.7 Å². The number of anilines is 1. The molecule has 0 spiro atoms. The quantitative estimate of drug-likeness (QED) is 0.425. The van der Waals surface area contributed by atoms with Crippen molar-refractivity contribution in [2.24, 2.45) is 0 Å². The van der Waals surface area contributed by atoms with Gasteiger partial charge >= 0.3 is 0 Å². The number of amides is 2. The van der Waals surface area contributed by atoms with Crippen LogP contribution in [0.1, 0.15) is 30.7 Å². The van der Waals surface area contributed by atoms with Gasteiger partial charge in [-0.1, -0.05) is 12.8 Å². The van der Waals surface area contributed by atoms with Crippen LogP contribution in [0.4, 0.5) is 5.69 Å². The van der Waals surface area contributed by atoms with Crippen molar-refractivity contribution in [2.75, 3.05) is 11.9 Å². The Kier molecular flexibility index (Phi) is 5.79. The first-order valence-electron chi connectivity index (χ1n) is 10.6. The third-order valence-electron chi connectivity index (χ3n) is 5.47. The van der Waals surface area contributed by atoms with Crippen molar-refractivity contribution in [1.82, 2.24) is 20.1 Å². The maximum Gasteiger partial charge on any atom is 0.262 e. The number of aromatic nitrogens is 3. The van der Waals surface area contributed by atoms with Crippen LogP contribution in [0.25, 0.3) is 20.3 Å². The summed E-state index contributed by atoms with van der Waals surface area (Å²) < 4.78 is 9.50. The van der Waals surface area contributed by atoms with Gasteiger partial charge in [-0.3, -0.25) is 14.3 Å². The highest BCUT2D eigenvalue weighted by Gasteiger charge is 2.18. The Hall–Kier alpha value is -2.98. The average Bonchev–Trinajstić information content (AvgIpc) is 3.53. The van der Waals surface area contributed by atoms with Crippen LogP contribution in [-0.2, 0) is 16.1 Å². The van der Waals surface area contributed by atoms with Crippen molar-refractivity contribution < 1.29 is 14.3 Å². The normalized spacial score (nSPS) is 14.3. The van der Waals surface area contributed by atoms with Gasteiger partial charge in [-0.05, 0) is 31.2 Å². The third kappa shape index (κ3) is 4.46. The van der Waals surface area contributed by atoms with Crippen molar-refractivity contribution in [3.05, 3.63) is 34.9 Å². The number of carbonyl (C=O) groups excluding carboxylic acids is 2. The van der Waals surface area contributed by atoms with Crippen molar-refractivity contribution >= 4 is 60.5 Å². The molecule has 0 saturated heterocycles. The first-order valence-corrected chi connectivity index (χ1v) is 12.3. The minimum Gasteiger partial charge on any atom is -0.483 e. The number of rotatable bonds is 7. The highest BCUT2D eigenvalue weighted by atomic mass is 32.1. The summed E-state index contributed by atoms with van der Waals surface area (Å²) in [6.45, 7) is 1.99. The number of thiazole rings is 1. The van der Waals surface area contributed by atoms with E-state index in [-0.39, 0.29) is 31.0 Å². The number of aryl methyl sites for hydroxylation is 1. The Morgan fingerprint density at radius 1 is 1.28 bits per heavy atom. The first kappa shape index (κ1) is 20.9. The number of benzene rings is 1. The molecule has 0 aliphatic heterocycles. The Balaban J connectivity index is 1.18. The standard InChI is InChI=1S/C22H23N5O3S2/c1-13-24-21-18(32-13)8-17(16-6-7-31-22(16)21)30-12-20(29)26-15-9-23-27(10-15)11-19(28)25-14-4-2-3-5-14/h6-10,14H,2-5,11-12H2,1H3,(H,25,28)(H,26,29). The molecule has 10 heteroatoms. The lowest BCUT2D eigenvalue weighted by Crippen LogP contribution is -2.35. The SMILES string of the molecule is Cc1nc2c(cc(OCC(=O)Nc3cnn(CC(=O)NC4CCCC4)c3)c3ccsc32)s1. The fraction of sp³-hybridized carbons (Fsp3) is 0.364. The van der Waals surface area contributed by atoms with Crippen LogP contribution in [0.15, 0.2) is 29.9 Å². The summed E-state index contributed by atoms with van der Waals surface area (Å²) in [5.41, 5.74) is 1.51. The topological polar surface area (TPSA) is 98.1 Å². The number of ether oxygens (including phenoxy) is 1. The van der Waals surface area contributed by atoms with Crippen LogP contribution in [0.2, 0.25) is 0 Å². The van der Waals surface area contributed by atoms with E-state index < -0.39 is 0 Å². The minimum absolute atomic E-state index is 0.0605. The summed E-state index contributed by atoms with van der Waals surface area (Å²) in [5.74, 6) is 0.324. The van der Waals surface area contributed by atoms with Crippen LogP contribution in [0.5, 0.6) is 5.75 Å². The summed E-state index contributed by atoms with van der Waals surface area (Å²) >= 11 is 3.23. The smallest absolute Gasteiger partial charge is 0.262 e. The summed E-state index contributed by atoms with van der Waals surface area (Å²) in [6.07, 6.45) is 7.60. The molecule has 4 aromatic rings. The molecule has 2 N–H and O–H groups in total. The van der Waals surface area contributed by atoms with Gasteiger partial charge in [-0.2, -0.15) is 5.10 Å². The summed E-state index contributed by atoms with van der Waals surface area (Å²) in [7, 11) is 0. The largest absolute Gasteiger partial charge is 0.483 e. The van der Waals surface area contributed by atoms with E-state index in [0.717, 1.165) is 38.2 Å². The van der Waals surface area contributed by atoms with Crippen molar-refractivity contribution in [2.45, 2.75) is 45.2 Å². The van der Waals surface area contributed by atoms with E-state index in [0.29, 0.717) is 11.4 Å². The first-order chi connectivity index (χ1) is 15.5. The van der Waals surface area contributed by atoms with Crippen LogP contribution < -0.4 is 15.4 Å². The second kappa shape index (κ2) is 8.87. The second-order valence-electron chi connectivity index (χ2n) is 7.93. The molecule has 3 aromatic heterocycles. The molecular formula is C22H23N5O3S2. The van der Waals surface area contributed by atoms with Gasteiger partial charge in [0, 0.05) is 23.7 Å². The monoisotopic (exact) mass is 469 g/mol. The molecule has 1 fully saturated rings. The Morgan fingerprint density at radius 3 is 2.97 bits per heavy atom. The number of carbonyl (C=O) groups is 2. The molecule has 32 heavy (non-hydrogen) atoms. The lowest BCUT2D eigenvalue weighted by Gasteiger charge is -2.11. The number of hydrogen-bond donors (Lipinski definition) is 2. The summed E-state index contributed by atoms with van der Waals surface area (Å²) in [4.78, 5) is 29.2. The van der Waals surface area contributed by atoms with Gasteiger partial charge in [0.05, 0.1) is 31.8 Å². The van der Waals surface area contributed by atoms with Gasteiger partial charge < -0.3 is 15.4 Å². The molecule has 3 heterocycles. The Morgan fingerprint density at radius 2 is 2.12 bits per heavy atom. The van der Waals surface area contributed by atoms with Crippen LogP contribution in [0, 0.1) is 6.92 Å². The van der Waals surface area contributed by atoms with Gasteiger partial charge in [0.2, 0.25) is 5.91 Å². The van der Waals surface area contributed by atoms with E-state index in [4.69, 9.17) is 4.74 Å². The fourth-order valence-electron chi connectivity index (χ4n) is 4.05. The average molecular weight is 470 g/mol. The predicted molar refractivity (Wildman–Crippen MR) is 126 cm³/mol. The van der Waals surface area contributed by atoms with Gasteiger partial charge in [-0.15, -0.1) is 22.7 Å². The van der Waals surface area contributed by atoms with E-state index in [1.807, 2.05) is 24.4 Å². The lowest BCUT2D eigenvalue weighted by atomic mass is 10.2. The maximum atomic E-state index is 12.4. The number of nitrogens with zero attached hydrogens (tertiary/aromatic N) is 3. The molecule has 0 atom stereocenters. The number of thiophene rings is 1. The van der Waals surface area contributed by atoms with Crippen molar-refractivity contribution in [1.29, 1.82) is 0 Å². The summed E-state index contributed by atoms with van der Waals surface area (Å²) in [5, 5.41) is 13.9. The van der Waals surface area contributed by atoms with E-state index in [2.05, 4.69) is 20.7 Å². The predicted octanol–water partition coefficient (Wildman–Crippen LogP) is 4.09. The zero-order chi connectivity index (χ0) is 22.1. The van der Waals surface area contributed by atoms with Gasteiger partial charge in [0.25, 0.3) is 5.91 Å². The molecular weight excluding hydrogens is 446 g/mol. The molecule has 8 nitrogen and oxygen atoms in total. The lowest BCUT2D eigenvalue weighted by molar-refractivity contribution is -0.122. The highest BCUT2D eigenvalue weighted by Crippen LogP contribution is 2.38. The zero-order valence-electron chi connectivity index (χ0n) is 17.6. The third-order valence-corrected chi connectivity index (χ3v) is 7.31. The number of hydrogen-bond acceptors (Lipinski definition) is 7. The van der Waals surface area contributed by atoms with E-state index >= 15 is 0 Å². The minimum atomic E-state index is -0.288. The fourth-order valence-corrected chi connectivity index (χ4v) is 5.88. The zero-order valence-corrected chi connectivity index (χ0v) is 19.2. The molecule has 1 saturated carbocycles. The van der Waals surface area contributed by atoms with Gasteiger partial charge in [0.1, 0.15) is 12.3 Å². The molecule has 0 radical (unpaired) electrons. The molecule has 2 amide bonds. The molecule has 1 aliphatic rings. The van der Waals surface area contributed by atoms with Crippen molar-refractivity contribution in [3.8, 4) is 5.75 Å². The van der Waals surface area contributed by atoms with Crippen LogP contribution in [0.3, 0.4) is 0 Å². The Labute approximate surface area is 192 Å². The van der Waals surface area contributed by atoms with E-state index in [9.17, 15) is 9.59 Å². The van der Waals surface area contributed by atoms with Crippen LogP contribution >= 0.6 is 22.7 Å². The molecule has 0 unspecified atom stereocenters. The maximum absolute atomic E-state index is 12.4. The molecule has 0 bridgehead atoms. The van der Waals surface area contributed by atoms with Gasteiger partial charge in [0.15, 0.2) is 6.61 Å². The molecule has 1 aromatic carbocycles. The summed E-state index contributed by atoms with van der Waals surface area (Å²) in [6, 6.07) is 4.21. The second-order valence-corrected chi connectivity index (χ2v) is 10.1. The van der Waals surface area contributed by atoms with Crippen molar-refractivity contribution in [3.63, 3.8) is 0 Å². The van der Waals surface area contributed by atoms with E-state index in [1.54, 1.807) is 28.9 Å². The number of nitrogens with one attached hydrogen (secondary N) is 2. The number of fused-ring (bicyclic) bond motifs is 3. The highest BCUT2D eigenvalue weighted by molar-refractivity contribution is 7.21.